The van der Waals surface area contributed by atoms with Crippen LogP contribution in [0.5, 0.6) is 0 Å². The van der Waals surface area contributed by atoms with Crippen molar-refractivity contribution < 1.29 is 5.11 Å². The minimum atomic E-state index is -0.121. The van der Waals surface area contributed by atoms with Gasteiger partial charge in [-0.15, -0.1) is 0 Å². The molecule has 24 heavy (non-hydrogen) atoms. The highest BCUT2D eigenvalue weighted by molar-refractivity contribution is 6.30. The topological polar surface area (TPSA) is 45.1 Å². The van der Waals surface area contributed by atoms with E-state index in [-0.39, 0.29) is 12.6 Å². The Labute approximate surface area is 147 Å². The van der Waals surface area contributed by atoms with Crippen molar-refractivity contribution in [2.24, 2.45) is 0 Å². The fraction of sp³-hybridized carbons (Fsp3) is 0.150. The highest BCUT2D eigenvalue weighted by Gasteiger charge is 2.10. The summed E-state index contributed by atoms with van der Waals surface area (Å²) >= 11 is 5.92. The first-order chi connectivity index (χ1) is 11.8. The van der Waals surface area contributed by atoms with Gasteiger partial charge in [0.2, 0.25) is 0 Å². The maximum Gasteiger partial charge on any atom is 0.0626 e. The van der Waals surface area contributed by atoms with Gasteiger partial charge in [0.1, 0.15) is 0 Å². The number of nitrogens with zero attached hydrogens (tertiary/aromatic N) is 1. The fourth-order valence-corrected chi connectivity index (χ4v) is 2.74. The van der Waals surface area contributed by atoms with Crippen LogP contribution in [0.4, 0.5) is 0 Å². The van der Waals surface area contributed by atoms with Gasteiger partial charge in [-0.1, -0.05) is 48.0 Å². The number of nitrogens with one attached hydrogen (secondary N) is 1. The van der Waals surface area contributed by atoms with E-state index in [0.29, 0.717) is 11.6 Å². The van der Waals surface area contributed by atoms with Crippen molar-refractivity contribution in [3.8, 4) is 11.1 Å². The van der Waals surface area contributed by atoms with E-state index >= 15 is 0 Å². The van der Waals surface area contributed by atoms with Gasteiger partial charge in [0.25, 0.3) is 0 Å². The number of halogens is 1. The molecule has 3 aromatic rings. The van der Waals surface area contributed by atoms with E-state index in [1.54, 1.807) is 6.20 Å². The molecule has 0 amide bonds. The highest BCUT2D eigenvalue weighted by Crippen LogP contribution is 2.20. The van der Waals surface area contributed by atoms with Crippen LogP contribution < -0.4 is 5.32 Å². The molecule has 1 atom stereocenters. The summed E-state index contributed by atoms with van der Waals surface area (Å²) in [6.45, 7) is 0.700. The number of rotatable bonds is 6. The van der Waals surface area contributed by atoms with Crippen LogP contribution in [-0.4, -0.2) is 16.7 Å². The lowest BCUT2D eigenvalue weighted by molar-refractivity contribution is 0.243. The van der Waals surface area contributed by atoms with Gasteiger partial charge in [0, 0.05) is 24.0 Å². The van der Waals surface area contributed by atoms with Gasteiger partial charge in [-0.2, -0.15) is 0 Å². The average molecular weight is 339 g/mol. The Balaban J connectivity index is 1.70. The van der Waals surface area contributed by atoms with Crippen molar-refractivity contribution in [3.63, 3.8) is 0 Å². The van der Waals surface area contributed by atoms with Gasteiger partial charge in [0.05, 0.1) is 12.6 Å². The van der Waals surface area contributed by atoms with Crippen LogP contribution in [0.2, 0.25) is 5.02 Å². The van der Waals surface area contributed by atoms with Crippen molar-refractivity contribution in [3.05, 3.63) is 89.2 Å². The number of pyridine rings is 1. The predicted molar refractivity (Wildman–Crippen MR) is 97.8 cm³/mol. The molecule has 1 unspecified atom stereocenters. The Morgan fingerprint density at radius 1 is 1.00 bits per heavy atom. The van der Waals surface area contributed by atoms with Gasteiger partial charge >= 0.3 is 0 Å². The molecule has 4 heteroatoms. The number of hydrogen-bond donors (Lipinski definition) is 2. The molecule has 0 saturated heterocycles. The summed E-state index contributed by atoms with van der Waals surface area (Å²) in [4.78, 5) is 4.17. The molecule has 122 valence electrons. The smallest absolute Gasteiger partial charge is 0.0626 e. The van der Waals surface area contributed by atoms with E-state index < -0.39 is 0 Å². The van der Waals surface area contributed by atoms with Crippen molar-refractivity contribution in [1.82, 2.24) is 10.3 Å². The van der Waals surface area contributed by atoms with Crippen LogP contribution in [-0.2, 0) is 6.54 Å². The van der Waals surface area contributed by atoms with E-state index in [1.165, 1.54) is 0 Å². The van der Waals surface area contributed by atoms with Crippen molar-refractivity contribution in [1.29, 1.82) is 0 Å². The monoisotopic (exact) mass is 338 g/mol. The van der Waals surface area contributed by atoms with Crippen LogP contribution >= 0.6 is 11.6 Å². The van der Waals surface area contributed by atoms with Gasteiger partial charge < -0.3 is 10.4 Å². The zero-order chi connectivity index (χ0) is 16.8. The molecule has 0 radical (unpaired) electrons. The summed E-state index contributed by atoms with van der Waals surface area (Å²) in [5, 5.41) is 13.7. The van der Waals surface area contributed by atoms with E-state index in [1.807, 2.05) is 48.7 Å². The first kappa shape index (κ1) is 16.7. The Bertz CT molecular complexity index is 775. The summed E-state index contributed by atoms with van der Waals surface area (Å²) in [5.41, 5.74) is 4.40. The quantitative estimate of drug-likeness (QED) is 0.707. The summed E-state index contributed by atoms with van der Waals surface area (Å²) in [6.07, 6.45) is 3.63. The highest BCUT2D eigenvalue weighted by atomic mass is 35.5. The zero-order valence-electron chi connectivity index (χ0n) is 13.2. The molecule has 0 spiro atoms. The number of aromatic nitrogens is 1. The van der Waals surface area contributed by atoms with E-state index in [9.17, 15) is 5.11 Å². The summed E-state index contributed by atoms with van der Waals surface area (Å²) in [7, 11) is 0. The minimum absolute atomic E-state index is 0.0317. The van der Waals surface area contributed by atoms with E-state index in [2.05, 4.69) is 28.5 Å². The lowest BCUT2D eigenvalue weighted by Crippen LogP contribution is -2.23. The van der Waals surface area contributed by atoms with Gasteiger partial charge in [-0.05, 0) is 46.5 Å². The summed E-state index contributed by atoms with van der Waals surface area (Å²) in [6, 6.07) is 19.7. The lowest BCUT2D eigenvalue weighted by Gasteiger charge is -2.17. The molecular weight excluding hydrogens is 320 g/mol. The van der Waals surface area contributed by atoms with Gasteiger partial charge in [-0.25, -0.2) is 0 Å². The third kappa shape index (κ3) is 4.20. The molecule has 0 saturated carbocycles. The first-order valence-corrected chi connectivity index (χ1v) is 8.23. The predicted octanol–water partition coefficient (Wildman–Crippen LogP) is 4.23. The summed E-state index contributed by atoms with van der Waals surface area (Å²) in [5.74, 6) is 0. The largest absolute Gasteiger partial charge is 0.394 e. The molecule has 0 aliphatic rings. The number of aliphatic hydroxyl groups is 1. The molecule has 1 heterocycles. The zero-order valence-corrected chi connectivity index (χ0v) is 13.9. The van der Waals surface area contributed by atoms with E-state index in [0.717, 1.165) is 22.3 Å². The second-order valence-corrected chi connectivity index (χ2v) is 6.05. The number of aliphatic hydroxyl groups excluding tert-OH is 1. The van der Waals surface area contributed by atoms with E-state index in [4.69, 9.17) is 11.6 Å². The SMILES string of the molecule is OCC(NCc1cccc(-c2cccnc2)c1)c1ccc(Cl)cc1. The second-order valence-electron chi connectivity index (χ2n) is 5.61. The van der Waals surface area contributed by atoms with Crippen molar-refractivity contribution >= 4 is 11.6 Å². The summed E-state index contributed by atoms with van der Waals surface area (Å²) < 4.78 is 0. The van der Waals surface area contributed by atoms with Crippen molar-refractivity contribution in [2.45, 2.75) is 12.6 Å². The molecule has 2 N–H and O–H groups in total. The van der Waals surface area contributed by atoms with Crippen molar-refractivity contribution in [2.75, 3.05) is 6.61 Å². The van der Waals surface area contributed by atoms with Crippen LogP contribution in [0.15, 0.2) is 73.1 Å². The molecule has 0 bridgehead atoms. The van der Waals surface area contributed by atoms with Gasteiger partial charge in [0.15, 0.2) is 0 Å². The normalized spacial score (nSPS) is 12.1. The Morgan fingerprint density at radius 2 is 1.79 bits per heavy atom. The molecule has 0 fully saturated rings. The molecule has 3 rings (SSSR count). The maximum absolute atomic E-state index is 9.66. The number of benzene rings is 2. The van der Waals surface area contributed by atoms with Crippen LogP contribution in [0.3, 0.4) is 0 Å². The van der Waals surface area contributed by atoms with Gasteiger partial charge in [-0.3, -0.25) is 4.98 Å². The fourth-order valence-electron chi connectivity index (χ4n) is 2.62. The second kappa shape index (κ2) is 8.06. The molecule has 1 aromatic heterocycles. The molecular formula is C20H19ClN2O. The standard InChI is InChI=1S/C20H19ClN2O/c21-19-8-6-16(7-9-19)20(14-24)23-12-15-3-1-4-17(11-15)18-5-2-10-22-13-18/h1-11,13,20,23-24H,12,14H2. The lowest BCUT2D eigenvalue weighted by atomic mass is 10.0. The Kier molecular flexibility index (Phi) is 5.59. The Morgan fingerprint density at radius 3 is 2.50 bits per heavy atom. The Hall–Kier alpha value is -2.20. The van der Waals surface area contributed by atoms with Crippen LogP contribution in [0, 0.1) is 0 Å². The molecule has 3 nitrogen and oxygen atoms in total. The third-order valence-electron chi connectivity index (χ3n) is 3.93. The average Bonchev–Trinajstić information content (AvgIpc) is 2.64. The molecule has 0 aliphatic heterocycles. The number of hydrogen-bond acceptors (Lipinski definition) is 3. The molecule has 0 aliphatic carbocycles. The minimum Gasteiger partial charge on any atom is -0.394 e. The van der Waals surface area contributed by atoms with Crippen LogP contribution in [0.1, 0.15) is 17.2 Å². The maximum atomic E-state index is 9.66. The third-order valence-corrected chi connectivity index (χ3v) is 4.18. The first-order valence-electron chi connectivity index (χ1n) is 7.85. The molecule has 2 aromatic carbocycles. The van der Waals surface area contributed by atoms with Crippen LogP contribution in [0.25, 0.3) is 11.1 Å².